The predicted octanol–water partition coefficient (Wildman–Crippen LogP) is 0.543. The van der Waals surface area contributed by atoms with Gasteiger partial charge in [0.15, 0.2) is 17.9 Å². The van der Waals surface area contributed by atoms with Gasteiger partial charge in [0.05, 0.1) is 12.7 Å². The molecule has 1 rings (SSSR count). The van der Waals surface area contributed by atoms with Crippen LogP contribution in [-0.2, 0) is 9.53 Å². The van der Waals surface area contributed by atoms with Crippen molar-refractivity contribution in [2.45, 2.75) is 24.9 Å². The van der Waals surface area contributed by atoms with Crippen LogP contribution in [-0.4, -0.2) is 60.8 Å². The number of amides is 1. The lowest BCUT2D eigenvalue weighted by molar-refractivity contribution is -0.106. The molecule has 1 aliphatic heterocycles. The summed E-state index contributed by atoms with van der Waals surface area (Å²) in [4.78, 5) is 14.2. The van der Waals surface area contributed by atoms with Crippen LogP contribution in [0.15, 0.2) is 17.0 Å². The molecule has 9 heteroatoms. The number of aliphatic hydroxyl groups excluding tert-OH is 1. The Morgan fingerprint density at radius 2 is 2.25 bits per heavy atom. The number of hydrogen-bond donors (Lipinski definition) is 2. The summed E-state index contributed by atoms with van der Waals surface area (Å²) in [5.41, 5.74) is 5.14. The summed E-state index contributed by atoms with van der Waals surface area (Å²) in [5, 5.41) is 8.85. The molecule has 0 spiro atoms. The number of halogens is 3. The van der Waals surface area contributed by atoms with Crippen LogP contribution in [0.25, 0.3) is 0 Å². The van der Waals surface area contributed by atoms with E-state index in [1.807, 2.05) is 0 Å². The molecule has 6 nitrogen and oxygen atoms in total. The van der Waals surface area contributed by atoms with Gasteiger partial charge in [-0.15, -0.1) is 11.6 Å². The fourth-order valence-corrected chi connectivity index (χ4v) is 1.61. The van der Waals surface area contributed by atoms with E-state index in [-0.39, 0.29) is 19.4 Å². The Bertz CT molecular complexity index is 369. The van der Waals surface area contributed by atoms with Crippen molar-refractivity contribution in [3.8, 4) is 0 Å². The van der Waals surface area contributed by atoms with E-state index in [9.17, 15) is 13.6 Å². The number of carbonyl (C=O) groups is 1. The number of carbonyl (C=O) groups excluding carboxylic acids is 1. The van der Waals surface area contributed by atoms with E-state index in [1.54, 1.807) is 0 Å². The third-order valence-corrected chi connectivity index (χ3v) is 2.49. The van der Waals surface area contributed by atoms with Gasteiger partial charge in [0.1, 0.15) is 6.17 Å². The number of amidine groups is 1. The molecule has 0 saturated carbocycles. The zero-order chi connectivity index (χ0) is 15.7. The number of nitrogens with zero attached hydrogens (tertiary/aromatic N) is 2. The first-order valence-corrected chi connectivity index (χ1v) is 6.40. The topological polar surface area (TPSA) is 88.2 Å². The molecule has 3 atom stereocenters. The quantitative estimate of drug-likeness (QED) is 0.335. The van der Waals surface area contributed by atoms with Crippen LogP contribution in [0.3, 0.4) is 0 Å². The molecule has 1 amide bonds. The fourth-order valence-electron chi connectivity index (χ4n) is 1.61. The number of aliphatic hydroxyl groups is 1. The van der Waals surface area contributed by atoms with Crippen LogP contribution < -0.4 is 5.73 Å². The number of alkyl halides is 2. The number of hydrogen-bond acceptors (Lipinski definition) is 4. The van der Waals surface area contributed by atoms with Crippen LogP contribution >= 0.6 is 11.6 Å². The molecule has 1 fully saturated rings. The molecule has 3 unspecified atom stereocenters. The van der Waals surface area contributed by atoms with Gasteiger partial charge in [-0.1, -0.05) is 0 Å². The zero-order valence-corrected chi connectivity index (χ0v) is 11.9. The first kappa shape index (κ1) is 18.8. The molecule has 0 aromatic rings. The Morgan fingerprint density at radius 3 is 2.70 bits per heavy atom. The zero-order valence-electron chi connectivity index (χ0n) is 11.2. The van der Waals surface area contributed by atoms with Crippen LogP contribution in [0.4, 0.5) is 8.78 Å². The van der Waals surface area contributed by atoms with Gasteiger partial charge < -0.3 is 20.5 Å². The maximum Gasteiger partial charge on any atom is 0.234 e. The van der Waals surface area contributed by atoms with E-state index >= 15 is 0 Å². The Kier molecular flexibility index (Phi) is 9.02. The average Bonchev–Trinajstić information content (AvgIpc) is 2.82. The first-order chi connectivity index (χ1) is 9.49. The van der Waals surface area contributed by atoms with Gasteiger partial charge in [-0.2, -0.15) is 4.99 Å². The van der Waals surface area contributed by atoms with Crippen molar-refractivity contribution in [2.24, 2.45) is 10.7 Å². The van der Waals surface area contributed by atoms with Gasteiger partial charge in [-0.25, -0.2) is 8.78 Å². The molecule has 1 aliphatic rings. The standard InChI is InChI=1S/C10H15F2N3O3.CH3Cl/c1-15(3-8(12)9(13)14-5-17)10-7(11)2-6(4-16)18-10;1-2/h3,5-7,10,16H,2,4H2,1H3,(H2,13,14,17);1H3/b8-3+;. The summed E-state index contributed by atoms with van der Waals surface area (Å²) in [6, 6.07) is 0. The van der Waals surface area contributed by atoms with Crippen molar-refractivity contribution in [1.82, 2.24) is 4.90 Å². The van der Waals surface area contributed by atoms with E-state index in [0.29, 0.717) is 0 Å². The molecular weight excluding hydrogens is 296 g/mol. The normalized spacial score (nSPS) is 26.8. The summed E-state index contributed by atoms with van der Waals surface area (Å²) in [6.45, 7) is -0.300. The summed E-state index contributed by atoms with van der Waals surface area (Å²) >= 11 is 4.64. The lowest BCUT2D eigenvalue weighted by Gasteiger charge is -2.24. The average molecular weight is 314 g/mol. The molecule has 0 radical (unpaired) electrons. The van der Waals surface area contributed by atoms with Crippen LogP contribution in [0.5, 0.6) is 0 Å². The van der Waals surface area contributed by atoms with E-state index in [4.69, 9.17) is 15.6 Å². The number of rotatable bonds is 5. The van der Waals surface area contributed by atoms with Crippen molar-refractivity contribution >= 4 is 23.8 Å². The van der Waals surface area contributed by atoms with E-state index in [0.717, 1.165) is 11.1 Å². The molecule has 0 bridgehead atoms. The minimum atomic E-state index is -1.35. The molecule has 0 aliphatic carbocycles. The largest absolute Gasteiger partial charge is 0.394 e. The molecule has 0 aromatic heterocycles. The molecule has 1 saturated heterocycles. The third-order valence-electron chi connectivity index (χ3n) is 2.49. The summed E-state index contributed by atoms with van der Waals surface area (Å²) in [6.07, 6.45) is -0.450. The van der Waals surface area contributed by atoms with E-state index < -0.39 is 30.2 Å². The Balaban J connectivity index is 0.00000172. The maximum atomic E-state index is 13.5. The van der Waals surface area contributed by atoms with Gasteiger partial charge in [0.2, 0.25) is 6.41 Å². The summed E-state index contributed by atoms with van der Waals surface area (Å²) in [7, 11) is 1.39. The van der Waals surface area contributed by atoms with Gasteiger partial charge in [0.25, 0.3) is 0 Å². The minimum absolute atomic E-state index is 0.0406. The monoisotopic (exact) mass is 313 g/mol. The third kappa shape index (κ3) is 5.40. The van der Waals surface area contributed by atoms with Gasteiger partial charge in [-0.05, 0) is 0 Å². The number of ether oxygens (including phenoxy) is 1. The van der Waals surface area contributed by atoms with E-state index in [2.05, 4.69) is 16.6 Å². The smallest absolute Gasteiger partial charge is 0.234 e. The van der Waals surface area contributed by atoms with Crippen molar-refractivity contribution in [3.63, 3.8) is 0 Å². The SMILES string of the molecule is CCl.CN(/C=C(/F)C(N)=NC=O)C1OC(CO)CC1F. The second-order valence-corrected chi connectivity index (χ2v) is 3.85. The predicted molar refractivity (Wildman–Crippen MR) is 71.7 cm³/mol. The second kappa shape index (κ2) is 9.62. The molecule has 0 aromatic carbocycles. The molecule has 116 valence electrons. The van der Waals surface area contributed by atoms with Crippen molar-refractivity contribution in [1.29, 1.82) is 0 Å². The molecular formula is C11H18ClF2N3O3. The Labute approximate surface area is 120 Å². The number of nitrogens with two attached hydrogens (primary N) is 1. The van der Waals surface area contributed by atoms with E-state index in [1.165, 1.54) is 13.4 Å². The highest BCUT2D eigenvalue weighted by Crippen LogP contribution is 2.25. The lowest BCUT2D eigenvalue weighted by Crippen LogP contribution is -2.34. The molecule has 3 N–H and O–H groups in total. The molecule has 1 heterocycles. The Morgan fingerprint density at radius 1 is 1.65 bits per heavy atom. The van der Waals surface area contributed by atoms with Crippen LogP contribution in [0.1, 0.15) is 6.42 Å². The Hall–Kier alpha value is -1.25. The van der Waals surface area contributed by atoms with Gasteiger partial charge >= 0.3 is 0 Å². The number of aliphatic imine (C=N–C) groups is 1. The van der Waals surface area contributed by atoms with Gasteiger partial charge in [-0.3, -0.25) is 4.79 Å². The highest BCUT2D eigenvalue weighted by atomic mass is 35.5. The van der Waals surface area contributed by atoms with Crippen LogP contribution in [0, 0.1) is 0 Å². The summed E-state index contributed by atoms with van der Waals surface area (Å²) in [5.74, 6) is -1.56. The van der Waals surface area contributed by atoms with Gasteiger partial charge in [0, 0.05) is 26.1 Å². The highest BCUT2D eigenvalue weighted by Gasteiger charge is 2.37. The first-order valence-electron chi connectivity index (χ1n) is 5.64. The highest BCUT2D eigenvalue weighted by molar-refractivity contribution is 6.15. The fraction of sp³-hybridized carbons (Fsp3) is 0.636. The van der Waals surface area contributed by atoms with Crippen LogP contribution in [0.2, 0.25) is 0 Å². The summed E-state index contributed by atoms with van der Waals surface area (Å²) < 4.78 is 32.1. The van der Waals surface area contributed by atoms with Crippen molar-refractivity contribution in [3.05, 3.63) is 12.0 Å². The van der Waals surface area contributed by atoms with Crippen molar-refractivity contribution < 1.29 is 23.4 Å². The molecule has 20 heavy (non-hydrogen) atoms. The van der Waals surface area contributed by atoms with Crippen molar-refractivity contribution in [2.75, 3.05) is 20.0 Å². The maximum absolute atomic E-state index is 13.5. The second-order valence-electron chi connectivity index (χ2n) is 3.85. The lowest BCUT2D eigenvalue weighted by atomic mass is 10.2. The minimum Gasteiger partial charge on any atom is -0.394 e.